The molecule has 4 nitrogen and oxygen atoms in total. The molecule has 0 amide bonds. The molecule has 1 aromatic rings. The number of aromatic nitrogens is 1. The van der Waals surface area contributed by atoms with Crippen LogP contribution < -0.4 is 10.6 Å². The van der Waals surface area contributed by atoms with E-state index in [0.29, 0.717) is 17.5 Å². The van der Waals surface area contributed by atoms with E-state index in [1.807, 2.05) is 13.0 Å². The van der Waals surface area contributed by atoms with Crippen molar-refractivity contribution in [3.63, 3.8) is 0 Å². The van der Waals surface area contributed by atoms with Crippen molar-refractivity contribution in [2.24, 2.45) is 5.92 Å². The lowest BCUT2D eigenvalue weighted by Crippen LogP contribution is -2.38. The van der Waals surface area contributed by atoms with Gasteiger partial charge in [0.15, 0.2) is 0 Å². The lowest BCUT2D eigenvalue weighted by Gasteiger charge is -2.29. The summed E-state index contributed by atoms with van der Waals surface area (Å²) in [6.45, 7) is 6.29. The molecule has 2 rings (SSSR count). The number of hydrogen-bond donors (Lipinski definition) is 2. The van der Waals surface area contributed by atoms with Crippen molar-refractivity contribution in [1.29, 1.82) is 5.26 Å². The highest BCUT2D eigenvalue weighted by Crippen LogP contribution is 2.18. The Kier molecular flexibility index (Phi) is 4.16. The SMILES string of the molecule is Cc1cc(C#N)cc(NC(C)C2CCCNC2)n1. The van der Waals surface area contributed by atoms with Crippen LogP contribution in [-0.4, -0.2) is 24.1 Å². The van der Waals surface area contributed by atoms with Crippen LogP contribution in [0.3, 0.4) is 0 Å². The number of nitrogens with zero attached hydrogens (tertiary/aromatic N) is 2. The van der Waals surface area contributed by atoms with Gasteiger partial charge in [0.05, 0.1) is 11.6 Å². The summed E-state index contributed by atoms with van der Waals surface area (Å²) in [7, 11) is 0. The molecular weight excluding hydrogens is 224 g/mol. The lowest BCUT2D eigenvalue weighted by atomic mass is 9.93. The van der Waals surface area contributed by atoms with Crippen molar-refractivity contribution in [3.8, 4) is 6.07 Å². The molecule has 0 aromatic carbocycles. The van der Waals surface area contributed by atoms with E-state index in [4.69, 9.17) is 5.26 Å². The van der Waals surface area contributed by atoms with Gasteiger partial charge >= 0.3 is 0 Å². The second kappa shape index (κ2) is 5.83. The summed E-state index contributed by atoms with van der Waals surface area (Å²) in [5.41, 5.74) is 1.55. The minimum atomic E-state index is 0.374. The van der Waals surface area contributed by atoms with E-state index in [9.17, 15) is 0 Å². The van der Waals surface area contributed by atoms with Crippen molar-refractivity contribution in [3.05, 3.63) is 23.4 Å². The summed E-state index contributed by atoms with van der Waals surface area (Å²) in [6, 6.07) is 6.17. The van der Waals surface area contributed by atoms with Gasteiger partial charge in [-0.1, -0.05) is 0 Å². The minimum Gasteiger partial charge on any atom is -0.367 e. The second-order valence-corrected chi connectivity index (χ2v) is 5.03. The van der Waals surface area contributed by atoms with E-state index >= 15 is 0 Å². The van der Waals surface area contributed by atoms with Crippen molar-refractivity contribution in [2.75, 3.05) is 18.4 Å². The van der Waals surface area contributed by atoms with E-state index in [-0.39, 0.29) is 0 Å². The monoisotopic (exact) mass is 244 g/mol. The average Bonchev–Trinajstić information content (AvgIpc) is 2.39. The molecular formula is C14H20N4. The molecule has 0 aliphatic carbocycles. The molecule has 4 heteroatoms. The van der Waals surface area contributed by atoms with Gasteiger partial charge in [-0.05, 0) is 57.8 Å². The summed E-state index contributed by atoms with van der Waals surface area (Å²) < 4.78 is 0. The maximum atomic E-state index is 8.95. The molecule has 2 atom stereocenters. The third-order valence-corrected chi connectivity index (χ3v) is 3.50. The normalized spacial score (nSPS) is 21.1. The summed E-state index contributed by atoms with van der Waals surface area (Å²) in [6.07, 6.45) is 2.49. The zero-order valence-corrected chi connectivity index (χ0v) is 11.0. The van der Waals surface area contributed by atoms with Crippen LogP contribution >= 0.6 is 0 Å². The number of anilines is 1. The number of aryl methyl sites for hydroxylation is 1. The van der Waals surface area contributed by atoms with E-state index < -0.39 is 0 Å². The second-order valence-electron chi connectivity index (χ2n) is 5.03. The Balaban J connectivity index is 2.04. The molecule has 2 heterocycles. The average molecular weight is 244 g/mol. The Labute approximate surface area is 108 Å². The van der Waals surface area contributed by atoms with Gasteiger partial charge in [-0.2, -0.15) is 5.26 Å². The fraction of sp³-hybridized carbons (Fsp3) is 0.571. The Morgan fingerprint density at radius 1 is 1.56 bits per heavy atom. The summed E-state index contributed by atoms with van der Waals surface area (Å²) in [4.78, 5) is 4.43. The molecule has 2 N–H and O–H groups in total. The Hall–Kier alpha value is -1.60. The van der Waals surface area contributed by atoms with Crippen molar-refractivity contribution in [2.45, 2.75) is 32.7 Å². The first-order valence-corrected chi connectivity index (χ1v) is 6.55. The number of hydrogen-bond acceptors (Lipinski definition) is 4. The zero-order valence-electron chi connectivity index (χ0n) is 11.0. The summed E-state index contributed by atoms with van der Waals surface area (Å²) in [5, 5.41) is 15.8. The molecule has 18 heavy (non-hydrogen) atoms. The number of pyridine rings is 1. The quantitative estimate of drug-likeness (QED) is 0.854. The van der Waals surface area contributed by atoms with Gasteiger partial charge in [-0.3, -0.25) is 0 Å². The van der Waals surface area contributed by atoms with Gasteiger partial charge in [0, 0.05) is 11.7 Å². The van der Waals surface area contributed by atoms with Gasteiger partial charge in [0.1, 0.15) is 5.82 Å². The minimum absolute atomic E-state index is 0.374. The van der Waals surface area contributed by atoms with Gasteiger partial charge < -0.3 is 10.6 Å². The van der Waals surface area contributed by atoms with Crippen LogP contribution in [-0.2, 0) is 0 Å². The smallest absolute Gasteiger partial charge is 0.127 e. The molecule has 1 aliphatic rings. The summed E-state index contributed by atoms with van der Waals surface area (Å²) >= 11 is 0. The van der Waals surface area contributed by atoms with Crippen LogP contribution in [0.5, 0.6) is 0 Å². The van der Waals surface area contributed by atoms with E-state index in [2.05, 4.69) is 28.6 Å². The number of piperidine rings is 1. The van der Waals surface area contributed by atoms with Crippen LogP contribution in [0.15, 0.2) is 12.1 Å². The molecule has 1 aromatic heterocycles. The van der Waals surface area contributed by atoms with Gasteiger partial charge in [-0.25, -0.2) is 4.98 Å². The molecule has 0 spiro atoms. The number of nitrogens with one attached hydrogen (secondary N) is 2. The molecule has 0 bridgehead atoms. The van der Waals surface area contributed by atoms with Crippen LogP contribution in [0.25, 0.3) is 0 Å². The van der Waals surface area contributed by atoms with Crippen LogP contribution in [0.4, 0.5) is 5.82 Å². The first kappa shape index (κ1) is 12.8. The van der Waals surface area contributed by atoms with Crippen molar-refractivity contribution in [1.82, 2.24) is 10.3 Å². The van der Waals surface area contributed by atoms with E-state index in [1.165, 1.54) is 12.8 Å². The predicted octanol–water partition coefficient (Wildman–Crippen LogP) is 2.06. The predicted molar refractivity (Wildman–Crippen MR) is 72.4 cm³/mol. The van der Waals surface area contributed by atoms with Crippen LogP contribution in [0, 0.1) is 24.2 Å². The first-order valence-electron chi connectivity index (χ1n) is 6.55. The topological polar surface area (TPSA) is 60.7 Å². The fourth-order valence-corrected chi connectivity index (χ4v) is 2.46. The largest absolute Gasteiger partial charge is 0.367 e. The summed E-state index contributed by atoms with van der Waals surface area (Å²) in [5.74, 6) is 1.44. The Morgan fingerprint density at radius 2 is 2.39 bits per heavy atom. The highest BCUT2D eigenvalue weighted by molar-refractivity contribution is 5.45. The zero-order chi connectivity index (χ0) is 13.0. The van der Waals surface area contributed by atoms with Gasteiger partial charge in [0.25, 0.3) is 0 Å². The third kappa shape index (κ3) is 3.21. The maximum absolute atomic E-state index is 8.95. The lowest BCUT2D eigenvalue weighted by molar-refractivity contribution is 0.346. The number of nitriles is 1. The maximum Gasteiger partial charge on any atom is 0.127 e. The molecule has 1 aliphatic heterocycles. The number of rotatable bonds is 3. The highest BCUT2D eigenvalue weighted by Gasteiger charge is 2.20. The standard InChI is InChI=1S/C14H20N4/c1-10-6-12(8-15)7-14(17-10)18-11(2)13-4-3-5-16-9-13/h6-7,11,13,16H,3-5,9H2,1-2H3,(H,17,18). The van der Waals surface area contributed by atoms with Crippen LogP contribution in [0.1, 0.15) is 31.0 Å². The molecule has 96 valence electrons. The molecule has 2 unspecified atom stereocenters. The van der Waals surface area contributed by atoms with E-state index in [1.54, 1.807) is 6.07 Å². The Bertz CT molecular complexity index is 444. The van der Waals surface area contributed by atoms with Gasteiger partial charge in [-0.15, -0.1) is 0 Å². The molecule has 1 saturated heterocycles. The van der Waals surface area contributed by atoms with Gasteiger partial charge in [0.2, 0.25) is 0 Å². The molecule has 0 radical (unpaired) electrons. The molecule has 1 fully saturated rings. The Morgan fingerprint density at radius 3 is 3.06 bits per heavy atom. The van der Waals surface area contributed by atoms with Crippen molar-refractivity contribution >= 4 is 5.82 Å². The fourth-order valence-electron chi connectivity index (χ4n) is 2.46. The highest BCUT2D eigenvalue weighted by atomic mass is 15.0. The third-order valence-electron chi connectivity index (χ3n) is 3.50. The molecule has 0 saturated carbocycles. The van der Waals surface area contributed by atoms with Crippen LogP contribution in [0.2, 0.25) is 0 Å². The van der Waals surface area contributed by atoms with Crippen molar-refractivity contribution < 1.29 is 0 Å². The van der Waals surface area contributed by atoms with E-state index in [0.717, 1.165) is 24.6 Å². The first-order chi connectivity index (χ1) is 8.69.